The Morgan fingerprint density at radius 1 is 0.839 bits per heavy atom. The lowest BCUT2D eigenvalue weighted by atomic mass is 9.80. The molecule has 31 heavy (non-hydrogen) atoms. The Hall–Kier alpha value is -3.86. The molecule has 4 rings (SSSR count). The summed E-state index contributed by atoms with van der Waals surface area (Å²) in [5.74, 6) is 0.851. The zero-order valence-corrected chi connectivity index (χ0v) is 17.6. The molecule has 2 N–H and O–H groups in total. The molecule has 0 atom stereocenters. The molecular weight excluding hydrogens is 390 g/mol. The molecule has 0 saturated heterocycles. The molecule has 0 bridgehead atoms. The lowest BCUT2D eigenvalue weighted by Crippen LogP contribution is -2.13. The molecule has 0 aliphatic carbocycles. The van der Waals surface area contributed by atoms with E-state index >= 15 is 0 Å². The van der Waals surface area contributed by atoms with Crippen LogP contribution in [0.1, 0.15) is 36.7 Å². The van der Waals surface area contributed by atoms with Crippen LogP contribution in [0.25, 0.3) is 33.7 Å². The summed E-state index contributed by atoms with van der Waals surface area (Å²) < 4.78 is 5.82. The quantitative estimate of drug-likeness (QED) is 0.389. The van der Waals surface area contributed by atoms with Crippen LogP contribution < -0.4 is 0 Å². The highest BCUT2D eigenvalue weighted by molar-refractivity contribution is 5.93. The van der Waals surface area contributed by atoms with Crippen LogP contribution in [0.2, 0.25) is 0 Å². The van der Waals surface area contributed by atoms with Crippen molar-refractivity contribution in [1.29, 1.82) is 0 Å². The molecule has 5 nitrogen and oxygen atoms in total. The van der Waals surface area contributed by atoms with Crippen LogP contribution in [0.5, 0.6) is 11.5 Å². The van der Waals surface area contributed by atoms with Gasteiger partial charge in [-0.05, 0) is 71.1 Å². The number of phenols is 2. The van der Waals surface area contributed by atoms with Gasteiger partial charge in [0.25, 0.3) is 0 Å². The van der Waals surface area contributed by atoms with Crippen LogP contribution in [0, 0.1) is 0 Å². The number of carbonyl (C=O) groups is 1. The van der Waals surface area contributed by atoms with Crippen molar-refractivity contribution in [2.24, 2.45) is 0 Å². The molecular formula is C26H23NO4. The van der Waals surface area contributed by atoms with E-state index in [-0.39, 0.29) is 16.9 Å². The van der Waals surface area contributed by atoms with Crippen molar-refractivity contribution in [1.82, 2.24) is 5.16 Å². The summed E-state index contributed by atoms with van der Waals surface area (Å²) in [6, 6.07) is 19.1. The summed E-state index contributed by atoms with van der Waals surface area (Å²) in [6.45, 7) is 6.33. The van der Waals surface area contributed by atoms with E-state index in [1.165, 1.54) is 0 Å². The van der Waals surface area contributed by atoms with Gasteiger partial charge in [-0.15, -0.1) is 0 Å². The Bertz CT molecular complexity index is 1170. The minimum Gasteiger partial charge on any atom is -0.508 e. The number of hydrogen-bond acceptors (Lipinski definition) is 5. The molecule has 0 saturated carbocycles. The summed E-state index contributed by atoms with van der Waals surface area (Å²) in [6.07, 6.45) is 0.823. The minimum absolute atomic E-state index is 0.155. The molecule has 0 amide bonds. The molecule has 0 fully saturated rings. The predicted octanol–water partition coefficient (Wildman–Crippen LogP) is 6.20. The highest BCUT2D eigenvalue weighted by Crippen LogP contribution is 2.44. The molecule has 0 radical (unpaired) electrons. The third-order valence-corrected chi connectivity index (χ3v) is 5.22. The first-order chi connectivity index (χ1) is 14.8. The largest absolute Gasteiger partial charge is 0.508 e. The molecule has 156 valence electrons. The molecule has 0 aliphatic rings. The lowest BCUT2D eigenvalue weighted by Gasteiger charge is -2.23. The fourth-order valence-electron chi connectivity index (χ4n) is 3.66. The van der Waals surface area contributed by atoms with E-state index in [2.05, 4.69) is 25.9 Å². The second kappa shape index (κ2) is 7.76. The van der Waals surface area contributed by atoms with Gasteiger partial charge in [0.15, 0.2) is 5.76 Å². The van der Waals surface area contributed by atoms with Crippen molar-refractivity contribution in [3.05, 3.63) is 77.9 Å². The number of nitrogens with zero attached hydrogens (tertiary/aromatic N) is 1. The first-order valence-electron chi connectivity index (χ1n) is 9.96. The average Bonchev–Trinajstić information content (AvgIpc) is 3.18. The smallest absolute Gasteiger partial charge is 0.175 e. The first kappa shape index (κ1) is 20.4. The van der Waals surface area contributed by atoms with Crippen LogP contribution in [-0.4, -0.2) is 21.7 Å². The average molecular weight is 413 g/mol. The van der Waals surface area contributed by atoms with Crippen molar-refractivity contribution in [3.63, 3.8) is 0 Å². The summed E-state index contributed by atoms with van der Waals surface area (Å²) in [4.78, 5) is 11.6. The summed E-state index contributed by atoms with van der Waals surface area (Å²) in [5.41, 5.74) is 5.14. The SMILES string of the molecule is CC(C)(C)c1ccc(C=O)cc1-c1c(-c2ccc(O)cc2)noc1-c1ccc(O)cc1. The monoisotopic (exact) mass is 413 g/mol. The second-order valence-corrected chi connectivity index (χ2v) is 8.50. The van der Waals surface area contributed by atoms with Gasteiger partial charge in [0.1, 0.15) is 23.5 Å². The van der Waals surface area contributed by atoms with Crippen LogP contribution in [0.15, 0.2) is 71.3 Å². The Labute approximate surface area is 180 Å². The topological polar surface area (TPSA) is 83.6 Å². The number of rotatable bonds is 4. The second-order valence-electron chi connectivity index (χ2n) is 8.50. The maximum absolute atomic E-state index is 11.6. The Morgan fingerprint density at radius 2 is 1.42 bits per heavy atom. The van der Waals surface area contributed by atoms with Crippen molar-refractivity contribution < 1.29 is 19.5 Å². The van der Waals surface area contributed by atoms with Crippen LogP contribution >= 0.6 is 0 Å². The molecule has 1 aromatic heterocycles. The van der Waals surface area contributed by atoms with Gasteiger partial charge in [0.05, 0.1) is 5.56 Å². The van der Waals surface area contributed by atoms with E-state index < -0.39 is 0 Å². The van der Waals surface area contributed by atoms with E-state index in [4.69, 9.17) is 4.52 Å². The Balaban J connectivity index is 2.06. The molecule has 1 heterocycles. The third-order valence-electron chi connectivity index (χ3n) is 5.22. The lowest BCUT2D eigenvalue weighted by molar-refractivity contribution is 0.112. The van der Waals surface area contributed by atoms with Gasteiger partial charge in [-0.3, -0.25) is 4.79 Å². The van der Waals surface area contributed by atoms with E-state index in [0.29, 0.717) is 17.0 Å². The van der Waals surface area contributed by atoms with E-state index in [1.807, 2.05) is 18.2 Å². The van der Waals surface area contributed by atoms with Gasteiger partial charge in [-0.25, -0.2) is 0 Å². The first-order valence-corrected chi connectivity index (χ1v) is 9.96. The van der Waals surface area contributed by atoms with E-state index in [0.717, 1.165) is 34.1 Å². The summed E-state index contributed by atoms with van der Waals surface area (Å²) in [7, 11) is 0. The molecule has 0 unspecified atom stereocenters. The van der Waals surface area contributed by atoms with Gasteiger partial charge in [0, 0.05) is 16.7 Å². The van der Waals surface area contributed by atoms with Crippen LogP contribution in [0.4, 0.5) is 0 Å². The zero-order valence-electron chi connectivity index (χ0n) is 17.6. The Kier molecular flexibility index (Phi) is 5.11. The molecule has 0 aliphatic heterocycles. The molecule has 3 aromatic carbocycles. The predicted molar refractivity (Wildman–Crippen MR) is 120 cm³/mol. The number of aromatic nitrogens is 1. The van der Waals surface area contributed by atoms with Gasteiger partial charge in [0.2, 0.25) is 0 Å². The minimum atomic E-state index is -0.202. The number of phenolic OH excluding ortho intramolecular Hbond substituents is 2. The highest BCUT2D eigenvalue weighted by atomic mass is 16.5. The van der Waals surface area contributed by atoms with Crippen molar-refractivity contribution in [2.75, 3.05) is 0 Å². The number of hydrogen-bond donors (Lipinski definition) is 2. The third kappa shape index (κ3) is 3.94. The summed E-state index contributed by atoms with van der Waals surface area (Å²) >= 11 is 0. The Morgan fingerprint density at radius 3 is 1.97 bits per heavy atom. The number of aldehydes is 1. The fourth-order valence-corrected chi connectivity index (χ4v) is 3.66. The maximum atomic E-state index is 11.6. The molecule has 0 spiro atoms. The fraction of sp³-hybridized carbons (Fsp3) is 0.154. The van der Waals surface area contributed by atoms with Gasteiger partial charge in [-0.1, -0.05) is 38.1 Å². The van der Waals surface area contributed by atoms with Crippen LogP contribution in [-0.2, 0) is 5.41 Å². The van der Waals surface area contributed by atoms with Crippen molar-refractivity contribution >= 4 is 6.29 Å². The van der Waals surface area contributed by atoms with Crippen LogP contribution in [0.3, 0.4) is 0 Å². The van der Waals surface area contributed by atoms with Crippen molar-refractivity contribution in [2.45, 2.75) is 26.2 Å². The normalized spacial score (nSPS) is 11.5. The highest BCUT2D eigenvalue weighted by Gasteiger charge is 2.27. The number of benzene rings is 3. The zero-order chi connectivity index (χ0) is 22.2. The standard InChI is InChI=1S/C26H23NO4/c1-26(2,3)22-13-4-16(15-28)14-21(22)23-24(17-5-9-19(29)10-6-17)27-31-25(23)18-7-11-20(30)12-8-18/h4-15,29-30H,1-3H3. The van der Waals surface area contributed by atoms with E-state index in [9.17, 15) is 15.0 Å². The van der Waals surface area contributed by atoms with E-state index in [1.54, 1.807) is 48.5 Å². The number of aromatic hydroxyl groups is 2. The molecule has 4 aromatic rings. The van der Waals surface area contributed by atoms with Crippen molar-refractivity contribution in [3.8, 4) is 45.2 Å². The van der Waals surface area contributed by atoms with Gasteiger partial charge < -0.3 is 14.7 Å². The summed E-state index contributed by atoms with van der Waals surface area (Å²) in [5, 5.41) is 23.8. The number of carbonyl (C=O) groups excluding carboxylic acids is 1. The maximum Gasteiger partial charge on any atom is 0.175 e. The molecule has 5 heteroatoms. The van der Waals surface area contributed by atoms with Gasteiger partial charge >= 0.3 is 0 Å². The van der Waals surface area contributed by atoms with Gasteiger partial charge in [-0.2, -0.15) is 0 Å².